The van der Waals surface area contributed by atoms with Gasteiger partial charge >= 0.3 is 0 Å². The van der Waals surface area contributed by atoms with Crippen LogP contribution in [0.5, 0.6) is 5.75 Å². The number of nitrogens with one attached hydrogen (secondary N) is 1. The molecule has 0 unspecified atom stereocenters. The van der Waals surface area contributed by atoms with E-state index in [4.69, 9.17) is 4.74 Å². The number of rotatable bonds is 4. The van der Waals surface area contributed by atoms with E-state index in [2.05, 4.69) is 18.3 Å². The third-order valence-corrected chi connectivity index (χ3v) is 2.82. The lowest BCUT2D eigenvalue weighted by molar-refractivity contribution is 0.416. The summed E-state index contributed by atoms with van der Waals surface area (Å²) in [6.07, 6.45) is 2.73. The molecule has 2 nitrogen and oxygen atoms in total. The van der Waals surface area contributed by atoms with Crippen molar-refractivity contribution < 1.29 is 4.74 Å². The molecule has 1 aromatic rings. The van der Waals surface area contributed by atoms with Crippen molar-refractivity contribution in [2.45, 2.75) is 25.8 Å². The molecule has 14 heavy (non-hydrogen) atoms. The van der Waals surface area contributed by atoms with E-state index >= 15 is 0 Å². The Hall–Kier alpha value is -1.18. The number of anilines is 1. The fraction of sp³-hybridized carbons (Fsp3) is 0.500. The molecule has 76 valence electrons. The molecule has 1 aliphatic carbocycles. The highest BCUT2D eigenvalue weighted by molar-refractivity contribution is 5.56. The number of methoxy groups -OCH3 is 1. The molecule has 0 saturated heterocycles. The second kappa shape index (κ2) is 3.91. The molecule has 0 aromatic heterocycles. The minimum absolute atomic E-state index is 0.561. The normalized spacial score (nSPS) is 17.6. The first kappa shape index (κ1) is 9.38. The van der Waals surface area contributed by atoms with Crippen LogP contribution in [0.1, 0.15) is 19.8 Å². The molecule has 0 radical (unpaired) electrons. The maximum absolute atomic E-state index is 5.28. The summed E-state index contributed by atoms with van der Waals surface area (Å²) in [5, 5.41) is 3.50. The first-order chi connectivity index (χ1) is 6.81. The summed E-state index contributed by atoms with van der Waals surface area (Å²) in [6, 6.07) is 8.64. The molecule has 0 amide bonds. The van der Waals surface area contributed by atoms with E-state index in [0.717, 1.165) is 17.4 Å². The van der Waals surface area contributed by atoms with Gasteiger partial charge in [-0.2, -0.15) is 0 Å². The summed E-state index contributed by atoms with van der Waals surface area (Å²) in [6.45, 7) is 2.24. The van der Waals surface area contributed by atoms with Crippen LogP contribution in [0.4, 0.5) is 5.69 Å². The second-order valence-electron chi connectivity index (χ2n) is 3.97. The Balaban J connectivity index is 2.06. The molecule has 1 N–H and O–H groups in total. The lowest BCUT2D eigenvalue weighted by atomic mass is 10.2. The van der Waals surface area contributed by atoms with Crippen LogP contribution in [0.15, 0.2) is 24.3 Å². The summed E-state index contributed by atoms with van der Waals surface area (Å²) < 4.78 is 5.28. The van der Waals surface area contributed by atoms with Crippen molar-refractivity contribution in [2.75, 3.05) is 12.4 Å². The van der Waals surface area contributed by atoms with E-state index in [1.807, 2.05) is 18.2 Å². The van der Waals surface area contributed by atoms with E-state index in [0.29, 0.717) is 6.04 Å². The molecule has 0 spiro atoms. The van der Waals surface area contributed by atoms with Crippen molar-refractivity contribution in [1.82, 2.24) is 0 Å². The molecular formula is C12H17NO. The van der Waals surface area contributed by atoms with Crippen molar-refractivity contribution in [3.8, 4) is 5.75 Å². The van der Waals surface area contributed by atoms with Gasteiger partial charge in [0.15, 0.2) is 0 Å². The molecule has 1 aromatic carbocycles. The SMILES string of the molecule is COc1ccccc1N[C@H](C)C1CC1. The van der Waals surface area contributed by atoms with Gasteiger partial charge in [0.05, 0.1) is 12.8 Å². The Labute approximate surface area is 85.3 Å². The van der Waals surface area contributed by atoms with Crippen molar-refractivity contribution >= 4 is 5.69 Å². The minimum atomic E-state index is 0.561. The minimum Gasteiger partial charge on any atom is -0.495 e. The van der Waals surface area contributed by atoms with E-state index < -0.39 is 0 Å². The average molecular weight is 191 g/mol. The molecule has 0 bridgehead atoms. The van der Waals surface area contributed by atoms with Crippen molar-refractivity contribution in [3.63, 3.8) is 0 Å². The Morgan fingerprint density at radius 3 is 2.71 bits per heavy atom. The summed E-state index contributed by atoms with van der Waals surface area (Å²) in [7, 11) is 1.71. The lowest BCUT2D eigenvalue weighted by Gasteiger charge is -2.16. The summed E-state index contributed by atoms with van der Waals surface area (Å²) in [4.78, 5) is 0. The van der Waals surface area contributed by atoms with E-state index in [1.54, 1.807) is 7.11 Å². The number of para-hydroxylation sites is 2. The molecule has 1 saturated carbocycles. The van der Waals surface area contributed by atoms with Gasteiger partial charge in [-0.25, -0.2) is 0 Å². The molecule has 1 aliphatic rings. The van der Waals surface area contributed by atoms with Crippen molar-refractivity contribution in [1.29, 1.82) is 0 Å². The van der Waals surface area contributed by atoms with E-state index in [1.165, 1.54) is 12.8 Å². The highest BCUT2D eigenvalue weighted by atomic mass is 16.5. The summed E-state index contributed by atoms with van der Waals surface area (Å²) in [5.74, 6) is 1.79. The predicted molar refractivity (Wildman–Crippen MR) is 58.8 cm³/mol. The van der Waals surface area contributed by atoms with Gasteiger partial charge in [-0.3, -0.25) is 0 Å². The van der Waals surface area contributed by atoms with Gasteiger partial charge in [-0.15, -0.1) is 0 Å². The smallest absolute Gasteiger partial charge is 0.141 e. The van der Waals surface area contributed by atoms with Crippen LogP contribution in [-0.4, -0.2) is 13.2 Å². The van der Waals surface area contributed by atoms with Crippen LogP contribution in [0.3, 0.4) is 0 Å². The summed E-state index contributed by atoms with van der Waals surface area (Å²) in [5.41, 5.74) is 1.11. The van der Waals surface area contributed by atoms with Gasteiger partial charge in [0, 0.05) is 6.04 Å². The first-order valence-corrected chi connectivity index (χ1v) is 5.21. The fourth-order valence-electron chi connectivity index (χ4n) is 1.72. The molecule has 0 aliphatic heterocycles. The fourth-order valence-corrected chi connectivity index (χ4v) is 1.72. The Morgan fingerprint density at radius 1 is 1.36 bits per heavy atom. The van der Waals surface area contributed by atoms with Crippen LogP contribution in [0, 0.1) is 5.92 Å². The largest absolute Gasteiger partial charge is 0.495 e. The molecule has 2 heteroatoms. The van der Waals surface area contributed by atoms with Crippen LogP contribution in [0.25, 0.3) is 0 Å². The zero-order valence-electron chi connectivity index (χ0n) is 8.79. The Bertz CT molecular complexity index is 307. The molecular weight excluding hydrogens is 174 g/mol. The Morgan fingerprint density at radius 2 is 2.07 bits per heavy atom. The van der Waals surface area contributed by atoms with Crippen LogP contribution >= 0.6 is 0 Å². The maximum atomic E-state index is 5.28. The number of ether oxygens (including phenoxy) is 1. The van der Waals surface area contributed by atoms with Gasteiger partial charge in [0.25, 0.3) is 0 Å². The van der Waals surface area contributed by atoms with Crippen LogP contribution < -0.4 is 10.1 Å². The van der Waals surface area contributed by atoms with Gasteiger partial charge in [-0.1, -0.05) is 12.1 Å². The third kappa shape index (κ3) is 2.00. The Kier molecular flexibility index (Phi) is 2.62. The zero-order valence-corrected chi connectivity index (χ0v) is 8.79. The van der Waals surface area contributed by atoms with Crippen LogP contribution in [-0.2, 0) is 0 Å². The third-order valence-electron chi connectivity index (χ3n) is 2.82. The van der Waals surface area contributed by atoms with E-state index in [-0.39, 0.29) is 0 Å². The average Bonchev–Trinajstić information content (AvgIpc) is 3.02. The number of benzene rings is 1. The topological polar surface area (TPSA) is 21.3 Å². The van der Waals surface area contributed by atoms with Crippen molar-refractivity contribution in [3.05, 3.63) is 24.3 Å². The van der Waals surface area contributed by atoms with Crippen molar-refractivity contribution in [2.24, 2.45) is 5.92 Å². The lowest BCUT2D eigenvalue weighted by Crippen LogP contribution is -2.17. The highest BCUT2D eigenvalue weighted by Gasteiger charge is 2.28. The van der Waals surface area contributed by atoms with Gasteiger partial charge in [0.2, 0.25) is 0 Å². The van der Waals surface area contributed by atoms with Gasteiger partial charge in [0.1, 0.15) is 5.75 Å². The van der Waals surface area contributed by atoms with Gasteiger partial charge < -0.3 is 10.1 Å². The number of hydrogen-bond donors (Lipinski definition) is 1. The zero-order chi connectivity index (χ0) is 9.97. The first-order valence-electron chi connectivity index (χ1n) is 5.21. The quantitative estimate of drug-likeness (QED) is 0.790. The molecule has 1 atom stereocenters. The van der Waals surface area contributed by atoms with Gasteiger partial charge in [-0.05, 0) is 37.8 Å². The monoisotopic (exact) mass is 191 g/mol. The maximum Gasteiger partial charge on any atom is 0.141 e. The standard InChI is InChI=1S/C12H17NO/c1-9(10-7-8-10)13-11-5-3-4-6-12(11)14-2/h3-6,9-10,13H,7-8H2,1-2H3/t9-/m1/s1. The number of hydrogen-bond acceptors (Lipinski definition) is 2. The molecule has 0 heterocycles. The van der Waals surface area contributed by atoms with Crippen LogP contribution in [0.2, 0.25) is 0 Å². The van der Waals surface area contributed by atoms with E-state index in [9.17, 15) is 0 Å². The molecule has 1 fully saturated rings. The predicted octanol–water partition coefficient (Wildman–Crippen LogP) is 2.91. The summed E-state index contributed by atoms with van der Waals surface area (Å²) >= 11 is 0. The second-order valence-corrected chi connectivity index (χ2v) is 3.97. The highest BCUT2D eigenvalue weighted by Crippen LogP contribution is 2.35. The molecule has 2 rings (SSSR count).